The highest BCUT2D eigenvalue weighted by atomic mass is 15.0. The van der Waals surface area contributed by atoms with Gasteiger partial charge in [-0.3, -0.25) is 0 Å². The van der Waals surface area contributed by atoms with E-state index in [9.17, 15) is 0 Å². The summed E-state index contributed by atoms with van der Waals surface area (Å²) in [4.78, 5) is 0. The van der Waals surface area contributed by atoms with Crippen LogP contribution in [0.25, 0.3) is 0 Å². The highest BCUT2D eigenvalue weighted by Gasteiger charge is 2.22. The number of aryl methyl sites for hydroxylation is 3. The quantitative estimate of drug-likeness (QED) is 0.690. The number of aromatic nitrogens is 1. The molecule has 1 aromatic heterocycles. The third-order valence-electron chi connectivity index (χ3n) is 3.98. The van der Waals surface area contributed by atoms with E-state index in [1.54, 1.807) is 0 Å². The molecule has 3 rings (SSSR count). The molecule has 17 heavy (non-hydrogen) atoms. The van der Waals surface area contributed by atoms with E-state index in [4.69, 9.17) is 0 Å². The van der Waals surface area contributed by atoms with Crippen molar-refractivity contribution >= 4 is 0 Å². The first-order valence-electron chi connectivity index (χ1n) is 6.49. The molecule has 0 aliphatic heterocycles. The van der Waals surface area contributed by atoms with Gasteiger partial charge in [0, 0.05) is 11.4 Å². The summed E-state index contributed by atoms with van der Waals surface area (Å²) >= 11 is 0. The number of hydrogen-bond acceptors (Lipinski definition) is 0. The van der Waals surface area contributed by atoms with Crippen LogP contribution in [-0.4, -0.2) is 4.57 Å². The third kappa shape index (κ3) is 1.70. The van der Waals surface area contributed by atoms with Crippen molar-refractivity contribution in [3.8, 4) is 0 Å². The van der Waals surface area contributed by atoms with E-state index in [0.717, 1.165) is 0 Å². The summed E-state index contributed by atoms with van der Waals surface area (Å²) in [6.45, 7) is 4.43. The maximum atomic E-state index is 2.50. The van der Waals surface area contributed by atoms with Crippen LogP contribution in [-0.2, 0) is 6.42 Å². The normalized spacial score (nSPS) is 19.1. The molecule has 0 saturated heterocycles. The maximum absolute atomic E-state index is 2.50. The van der Waals surface area contributed by atoms with Crippen molar-refractivity contribution in [1.82, 2.24) is 4.57 Å². The monoisotopic (exact) mass is 225 g/mol. The minimum Gasteiger partial charge on any atom is -0.342 e. The number of fused-ring (bicyclic) bond motifs is 1. The Morgan fingerprint density at radius 2 is 1.71 bits per heavy atom. The Hall–Kier alpha value is -1.50. The molecule has 2 aromatic rings. The van der Waals surface area contributed by atoms with Gasteiger partial charge < -0.3 is 4.57 Å². The average Bonchev–Trinajstić information content (AvgIpc) is 2.69. The van der Waals surface area contributed by atoms with Crippen LogP contribution in [0.15, 0.2) is 36.4 Å². The highest BCUT2D eigenvalue weighted by Crippen LogP contribution is 2.34. The van der Waals surface area contributed by atoms with Crippen molar-refractivity contribution < 1.29 is 0 Å². The van der Waals surface area contributed by atoms with Crippen LogP contribution >= 0.6 is 0 Å². The molecule has 0 N–H and O–H groups in total. The lowest BCUT2D eigenvalue weighted by Crippen LogP contribution is -2.19. The molecule has 1 heteroatoms. The first kappa shape index (κ1) is 10.6. The van der Waals surface area contributed by atoms with Crippen LogP contribution in [0, 0.1) is 13.8 Å². The van der Waals surface area contributed by atoms with Crippen LogP contribution in [0.3, 0.4) is 0 Å². The summed E-state index contributed by atoms with van der Waals surface area (Å²) in [5, 5.41) is 0. The van der Waals surface area contributed by atoms with E-state index < -0.39 is 0 Å². The smallest absolute Gasteiger partial charge is 0.0587 e. The molecule has 0 bridgehead atoms. The number of rotatable bonds is 1. The molecule has 1 aliphatic rings. The molecule has 0 spiro atoms. The zero-order valence-corrected chi connectivity index (χ0v) is 10.6. The molecule has 0 fully saturated rings. The molecule has 0 radical (unpaired) electrons. The molecule has 1 atom stereocenters. The van der Waals surface area contributed by atoms with Crippen molar-refractivity contribution in [3.63, 3.8) is 0 Å². The molecule has 1 aliphatic carbocycles. The van der Waals surface area contributed by atoms with Gasteiger partial charge in [-0.05, 0) is 56.4 Å². The fourth-order valence-corrected chi connectivity index (χ4v) is 3.17. The highest BCUT2D eigenvalue weighted by molar-refractivity contribution is 5.34. The topological polar surface area (TPSA) is 4.93 Å². The Labute approximate surface area is 103 Å². The van der Waals surface area contributed by atoms with Crippen LogP contribution in [0.2, 0.25) is 0 Å². The van der Waals surface area contributed by atoms with E-state index in [1.807, 2.05) is 0 Å². The van der Waals surface area contributed by atoms with Crippen molar-refractivity contribution in [2.75, 3.05) is 0 Å². The van der Waals surface area contributed by atoms with Gasteiger partial charge in [0.15, 0.2) is 0 Å². The number of hydrogen-bond donors (Lipinski definition) is 0. The molecular formula is C16H19N. The van der Waals surface area contributed by atoms with Gasteiger partial charge in [0.05, 0.1) is 6.04 Å². The Kier molecular flexibility index (Phi) is 2.54. The first-order valence-corrected chi connectivity index (χ1v) is 6.49. The van der Waals surface area contributed by atoms with Gasteiger partial charge >= 0.3 is 0 Å². The van der Waals surface area contributed by atoms with Crippen molar-refractivity contribution in [2.45, 2.75) is 39.2 Å². The van der Waals surface area contributed by atoms with Gasteiger partial charge in [0.2, 0.25) is 0 Å². The molecule has 0 saturated carbocycles. The molecular weight excluding hydrogens is 206 g/mol. The van der Waals surface area contributed by atoms with Gasteiger partial charge in [0.25, 0.3) is 0 Å². The molecule has 1 nitrogen and oxygen atoms in total. The lowest BCUT2D eigenvalue weighted by atomic mass is 9.87. The third-order valence-corrected chi connectivity index (χ3v) is 3.98. The predicted molar refractivity (Wildman–Crippen MR) is 71.4 cm³/mol. The van der Waals surface area contributed by atoms with Crippen LogP contribution < -0.4 is 0 Å². The minimum atomic E-state index is 0.551. The average molecular weight is 225 g/mol. The lowest BCUT2D eigenvalue weighted by molar-refractivity contribution is 0.476. The predicted octanol–water partition coefficient (Wildman–Crippen LogP) is 4.03. The number of benzene rings is 1. The Bertz CT molecular complexity index is 517. The van der Waals surface area contributed by atoms with E-state index in [-0.39, 0.29) is 0 Å². The summed E-state index contributed by atoms with van der Waals surface area (Å²) in [7, 11) is 0. The molecule has 1 heterocycles. The second-order valence-electron chi connectivity index (χ2n) is 5.09. The lowest BCUT2D eigenvalue weighted by Gasteiger charge is -2.29. The summed E-state index contributed by atoms with van der Waals surface area (Å²) in [6, 6.07) is 13.9. The summed E-state index contributed by atoms with van der Waals surface area (Å²) in [6.07, 6.45) is 3.82. The van der Waals surface area contributed by atoms with Gasteiger partial charge in [-0.1, -0.05) is 24.3 Å². The van der Waals surface area contributed by atoms with Gasteiger partial charge in [-0.2, -0.15) is 0 Å². The zero-order valence-electron chi connectivity index (χ0n) is 10.6. The van der Waals surface area contributed by atoms with E-state index >= 15 is 0 Å². The van der Waals surface area contributed by atoms with Gasteiger partial charge in [-0.25, -0.2) is 0 Å². The second kappa shape index (κ2) is 4.06. The standard InChI is InChI=1S/C16H19N/c1-12-10-11-13(2)17(12)16-9-5-7-14-6-3-4-8-15(14)16/h3-4,6,8,10-11,16H,5,7,9H2,1-2H3. The largest absolute Gasteiger partial charge is 0.342 e. The second-order valence-corrected chi connectivity index (χ2v) is 5.09. The van der Waals surface area contributed by atoms with Crippen molar-refractivity contribution in [2.24, 2.45) is 0 Å². The Morgan fingerprint density at radius 1 is 1.00 bits per heavy atom. The molecule has 0 amide bonds. The van der Waals surface area contributed by atoms with Gasteiger partial charge in [-0.15, -0.1) is 0 Å². The molecule has 1 unspecified atom stereocenters. The fraction of sp³-hybridized carbons (Fsp3) is 0.375. The van der Waals surface area contributed by atoms with Crippen LogP contribution in [0.1, 0.15) is 41.4 Å². The SMILES string of the molecule is Cc1ccc(C)n1C1CCCc2ccccc21. The van der Waals surface area contributed by atoms with Crippen molar-refractivity contribution in [1.29, 1.82) is 0 Å². The summed E-state index contributed by atoms with van der Waals surface area (Å²) < 4.78 is 2.50. The Morgan fingerprint density at radius 3 is 2.47 bits per heavy atom. The minimum absolute atomic E-state index is 0.551. The van der Waals surface area contributed by atoms with Crippen LogP contribution in [0.4, 0.5) is 0 Å². The van der Waals surface area contributed by atoms with Gasteiger partial charge in [0.1, 0.15) is 0 Å². The Balaban J connectivity index is 2.12. The zero-order chi connectivity index (χ0) is 11.8. The molecule has 1 aromatic carbocycles. The fourth-order valence-electron chi connectivity index (χ4n) is 3.17. The van der Waals surface area contributed by atoms with E-state index in [2.05, 4.69) is 54.8 Å². The summed E-state index contributed by atoms with van der Waals surface area (Å²) in [5.74, 6) is 0. The maximum Gasteiger partial charge on any atom is 0.0587 e. The first-order chi connectivity index (χ1) is 8.27. The number of nitrogens with zero attached hydrogens (tertiary/aromatic N) is 1. The van der Waals surface area contributed by atoms with Crippen molar-refractivity contribution in [3.05, 3.63) is 58.9 Å². The summed E-state index contributed by atoms with van der Waals surface area (Å²) in [5.41, 5.74) is 5.82. The van der Waals surface area contributed by atoms with E-state index in [0.29, 0.717) is 6.04 Å². The van der Waals surface area contributed by atoms with E-state index in [1.165, 1.54) is 41.8 Å². The molecule has 88 valence electrons. The van der Waals surface area contributed by atoms with Crippen LogP contribution in [0.5, 0.6) is 0 Å².